The zero-order valence-corrected chi connectivity index (χ0v) is 22.8. The molecule has 0 aliphatic carbocycles. The average Bonchev–Trinajstić information content (AvgIpc) is 3.07. The fourth-order valence-electron chi connectivity index (χ4n) is 3.99. The molecule has 2 rings (SSSR count). The predicted molar refractivity (Wildman–Crippen MR) is 131 cm³/mol. The van der Waals surface area contributed by atoms with Crippen LogP contribution in [0.5, 0.6) is 0 Å². The summed E-state index contributed by atoms with van der Waals surface area (Å²) < 4.78 is 22.5. The minimum atomic E-state index is -1.72. The number of ketones is 1. The maximum atomic E-state index is 14.0. The molecule has 0 bridgehead atoms. The smallest absolute Gasteiger partial charge is 0.412 e. The predicted octanol–water partition coefficient (Wildman–Crippen LogP) is 4.99. The summed E-state index contributed by atoms with van der Waals surface area (Å²) in [6.07, 6.45) is -0.0693. The molecular weight excluding hydrogens is 438 g/mol. The Morgan fingerprint density at radius 1 is 1.09 bits per heavy atom. The summed E-state index contributed by atoms with van der Waals surface area (Å²) in [7, 11) is -0.146. The van der Waals surface area contributed by atoms with Crippen LogP contribution in [0, 0.1) is 11.3 Å². The molecule has 0 saturated carbocycles. The van der Waals surface area contributed by atoms with Gasteiger partial charge in [-0.3, -0.25) is 9.69 Å². The fraction of sp³-hybridized carbons (Fsp3) is 0.680. The van der Waals surface area contributed by atoms with E-state index in [0.29, 0.717) is 25.1 Å². The lowest BCUT2D eigenvalue weighted by Gasteiger charge is -2.39. The number of benzene rings is 1. The molecule has 1 aromatic rings. The van der Waals surface area contributed by atoms with Gasteiger partial charge in [0.1, 0.15) is 12.4 Å². The second-order valence-corrected chi connectivity index (χ2v) is 13.4. The summed E-state index contributed by atoms with van der Waals surface area (Å²) in [5.74, 6) is -0.117. The third kappa shape index (κ3) is 7.12. The number of hydrogen-bond donors (Lipinski definition) is 0. The zero-order chi connectivity index (χ0) is 25.0. The zero-order valence-electron chi connectivity index (χ0n) is 21.7. The van der Waals surface area contributed by atoms with E-state index < -0.39 is 26.5 Å². The van der Waals surface area contributed by atoms with Crippen LogP contribution in [0.2, 0.25) is 13.1 Å². The molecule has 33 heavy (non-hydrogen) atoms. The molecule has 8 heteroatoms. The molecule has 0 spiro atoms. The van der Waals surface area contributed by atoms with Crippen molar-refractivity contribution in [1.82, 2.24) is 4.90 Å². The Morgan fingerprint density at radius 2 is 1.70 bits per heavy atom. The van der Waals surface area contributed by atoms with E-state index in [1.807, 2.05) is 46.0 Å². The molecule has 2 atom stereocenters. The molecule has 1 aromatic carbocycles. The Hall–Kier alpha value is -1.74. The van der Waals surface area contributed by atoms with Gasteiger partial charge in [0.15, 0.2) is 9.04 Å². The number of ether oxygens (including phenoxy) is 3. The van der Waals surface area contributed by atoms with E-state index in [1.165, 1.54) is 0 Å². The number of carbonyl (C=O) groups excluding carboxylic acids is 2. The van der Waals surface area contributed by atoms with Crippen LogP contribution in [0.25, 0.3) is 0 Å². The molecule has 1 fully saturated rings. The van der Waals surface area contributed by atoms with Crippen LogP contribution < -0.4 is 0 Å². The van der Waals surface area contributed by atoms with Crippen LogP contribution in [-0.4, -0.2) is 57.6 Å². The molecule has 0 unspecified atom stereocenters. The van der Waals surface area contributed by atoms with Crippen molar-refractivity contribution in [2.75, 3.05) is 20.4 Å². The van der Waals surface area contributed by atoms with Gasteiger partial charge in [0.25, 0.3) is 0 Å². The van der Waals surface area contributed by atoms with Crippen LogP contribution >= 0.6 is 0 Å². The van der Waals surface area contributed by atoms with Crippen molar-refractivity contribution in [3.05, 3.63) is 35.4 Å². The van der Waals surface area contributed by atoms with E-state index >= 15 is 0 Å². The second-order valence-electron chi connectivity index (χ2n) is 11.1. The normalized spacial score (nSPS) is 21.5. The number of carbonyl (C=O) groups is 2. The van der Waals surface area contributed by atoms with Crippen molar-refractivity contribution in [2.45, 2.75) is 79.0 Å². The van der Waals surface area contributed by atoms with Gasteiger partial charge in [0.2, 0.25) is 11.5 Å². The fourth-order valence-corrected chi connectivity index (χ4v) is 5.10. The van der Waals surface area contributed by atoms with E-state index in [2.05, 4.69) is 20.8 Å². The van der Waals surface area contributed by atoms with Gasteiger partial charge >= 0.3 is 6.09 Å². The first kappa shape index (κ1) is 27.5. The lowest BCUT2D eigenvalue weighted by atomic mass is 9.78. The largest absolute Gasteiger partial charge is 0.444 e. The van der Waals surface area contributed by atoms with Gasteiger partial charge in [-0.15, -0.1) is 0 Å². The van der Waals surface area contributed by atoms with Gasteiger partial charge in [0.05, 0.1) is 6.61 Å². The molecular formula is C25H41NO6Si. The second kappa shape index (κ2) is 10.7. The molecule has 186 valence electrons. The summed E-state index contributed by atoms with van der Waals surface area (Å²) in [6.45, 7) is 16.9. The van der Waals surface area contributed by atoms with Gasteiger partial charge in [-0.2, -0.15) is 0 Å². The Balaban J connectivity index is 2.46. The van der Waals surface area contributed by atoms with E-state index in [0.717, 1.165) is 5.56 Å². The lowest BCUT2D eigenvalue weighted by Crippen LogP contribution is -2.57. The highest BCUT2D eigenvalue weighted by Crippen LogP contribution is 2.45. The average molecular weight is 480 g/mol. The van der Waals surface area contributed by atoms with Crippen LogP contribution in [0.3, 0.4) is 0 Å². The van der Waals surface area contributed by atoms with Crippen LogP contribution in [0.1, 0.15) is 63.9 Å². The molecule has 1 amide bonds. The van der Waals surface area contributed by atoms with Crippen molar-refractivity contribution in [2.24, 2.45) is 11.3 Å². The highest BCUT2D eigenvalue weighted by atomic mass is 28.3. The minimum Gasteiger partial charge on any atom is -0.444 e. The van der Waals surface area contributed by atoms with Crippen LogP contribution in [0.15, 0.2) is 24.3 Å². The maximum Gasteiger partial charge on any atom is 0.412 e. The van der Waals surface area contributed by atoms with Crippen molar-refractivity contribution in [1.29, 1.82) is 0 Å². The number of amides is 1. The Labute approximate surface area is 200 Å². The number of Topliss-reactive ketones (excluding diaryl/α,β-unsaturated/α-hetero) is 1. The number of methoxy groups -OCH3 is 1. The van der Waals surface area contributed by atoms with E-state index in [1.54, 1.807) is 24.1 Å². The summed E-state index contributed by atoms with van der Waals surface area (Å²) in [5, 5.41) is 0. The van der Waals surface area contributed by atoms with E-state index in [-0.39, 0.29) is 23.9 Å². The molecule has 1 saturated heterocycles. The first-order valence-electron chi connectivity index (χ1n) is 11.6. The van der Waals surface area contributed by atoms with Gasteiger partial charge in [-0.1, -0.05) is 45.0 Å². The topological polar surface area (TPSA) is 74.3 Å². The molecule has 0 N–H and O–H groups in total. The molecule has 7 nitrogen and oxygen atoms in total. The van der Waals surface area contributed by atoms with Crippen LogP contribution in [-0.2, 0) is 25.2 Å². The molecule has 1 aliphatic rings. The Bertz CT molecular complexity index is 812. The first-order valence-corrected chi connectivity index (χ1v) is 14.4. The van der Waals surface area contributed by atoms with Gasteiger partial charge in [-0.25, -0.2) is 4.79 Å². The lowest BCUT2D eigenvalue weighted by molar-refractivity contribution is -0.0489. The summed E-state index contributed by atoms with van der Waals surface area (Å²) >= 11 is 0. The summed E-state index contributed by atoms with van der Waals surface area (Å²) in [4.78, 5) is 28.9. The monoisotopic (exact) mass is 479 g/mol. The quantitative estimate of drug-likeness (QED) is 0.226. The highest BCUT2D eigenvalue weighted by Gasteiger charge is 2.57. The van der Waals surface area contributed by atoms with Crippen molar-refractivity contribution < 1.29 is 28.2 Å². The molecule has 0 aromatic heterocycles. The highest BCUT2D eigenvalue weighted by molar-refractivity contribution is 6.49. The third-order valence-corrected chi connectivity index (χ3v) is 6.53. The molecule has 1 aliphatic heterocycles. The first-order chi connectivity index (χ1) is 15.2. The molecule has 1 heterocycles. The van der Waals surface area contributed by atoms with Gasteiger partial charge in [0, 0.05) is 25.6 Å². The van der Waals surface area contributed by atoms with Crippen molar-refractivity contribution in [3.63, 3.8) is 0 Å². The standard InChI is InChI=1S/C25H41NO6Si/c1-23(2,3)20-14-25(32-33(8)9,26(15-20)22(28)31-24(4,5)6)21(27)19-12-10-18(11-13-19)16-30-17-29-7/h10-13,20,33H,14-17H2,1-9H3/t20-,25-/m0/s1. The Morgan fingerprint density at radius 3 is 2.18 bits per heavy atom. The summed E-state index contributed by atoms with van der Waals surface area (Å²) in [6, 6.07) is 7.27. The SMILES string of the molecule is COCOCc1ccc(C(=O)[C@@]2(O[SiH](C)C)C[C@H](C(C)(C)C)CN2C(=O)OC(C)(C)C)cc1. The number of rotatable bonds is 8. The van der Waals surface area contributed by atoms with E-state index in [4.69, 9.17) is 18.6 Å². The summed E-state index contributed by atoms with van der Waals surface area (Å²) in [5.41, 5.74) is -0.713. The number of nitrogens with zero attached hydrogens (tertiary/aromatic N) is 1. The maximum absolute atomic E-state index is 14.0. The van der Waals surface area contributed by atoms with Crippen molar-refractivity contribution >= 4 is 20.9 Å². The Kier molecular flexibility index (Phi) is 8.90. The number of likely N-dealkylation sites (tertiary alicyclic amines) is 1. The van der Waals surface area contributed by atoms with Crippen LogP contribution in [0.4, 0.5) is 4.79 Å². The third-order valence-electron chi connectivity index (χ3n) is 5.67. The minimum absolute atomic E-state index is 0.0865. The van der Waals surface area contributed by atoms with Gasteiger partial charge in [-0.05, 0) is 50.8 Å². The number of hydrogen-bond acceptors (Lipinski definition) is 6. The van der Waals surface area contributed by atoms with Crippen molar-refractivity contribution in [3.8, 4) is 0 Å². The molecule has 0 radical (unpaired) electrons. The van der Waals surface area contributed by atoms with Gasteiger partial charge < -0.3 is 18.6 Å². The van der Waals surface area contributed by atoms with E-state index in [9.17, 15) is 9.59 Å².